The highest BCUT2D eigenvalue weighted by atomic mass is 16.4. The van der Waals surface area contributed by atoms with Crippen molar-refractivity contribution < 1.29 is 19.8 Å². The second-order valence-electron chi connectivity index (χ2n) is 6.25. The molecule has 4 aromatic rings. The number of nitrogens with two attached hydrogens (primary N) is 1. The maximum atomic E-state index is 12.6. The first-order valence-corrected chi connectivity index (χ1v) is 8.96. The maximum absolute atomic E-state index is 12.6. The Bertz CT molecular complexity index is 1240. The van der Waals surface area contributed by atoms with E-state index < -0.39 is 11.9 Å². The largest absolute Gasteiger partial charge is 0.506 e. The number of anilines is 4. The Morgan fingerprint density at radius 2 is 1.87 bits per heavy atom. The molecule has 31 heavy (non-hydrogen) atoms. The molecule has 0 saturated heterocycles. The minimum Gasteiger partial charge on any atom is -0.506 e. The number of fused-ring (bicyclic) bond motifs is 1. The summed E-state index contributed by atoms with van der Waals surface area (Å²) in [7, 11) is 0. The van der Waals surface area contributed by atoms with Crippen LogP contribution in [0, 0.1) is 0 Å². The number of amides is 1. The van der Waals surface area contributed by atoms with Gasteiger partial charge >= 0.3 is 0 Å². The zero-order valence-electron chi connectivity index (χ0n) is 16.3. The van der Waals surface area contributed by atoms with Crippen molar-refractivity contribution in [3.8, 4) is 5.75 Å². The normalized spacial score (nSPS) is 10.1. The molecular formula is C20H19N7O4. The molecule has 0 radical (unpaired) electrons. The van der Waals surface area contributed by atoms with Gasteiger partial charge in [-0.2, -0.15) is 10.1 Å². The number of carbonyl (C=O) groups is 2. The number of hydrogen-bond acceptors (Lipinski definition) is 8. The first-order chi connectivity index (χ1) is 14.8. The second-order valence-corrected chi connectivity index (χ2v) is 6.25. The molecule has 0 aliphatic carbocycles. The van der Waals surface area contributed by atoms with Crippen molar-refractivity contribution >= 4 is 45.9 Å². The van der Waals surface area contributed by atoms with Gasteiger partial charge in [-0.25, -0.2) is 4.98 Å². The molecule has 0 saturated carbocycles. The van der Waals surface area contributed by atoms with Crippen molar-refractivity contribution in [2.24, 2.45) is 0 Å². The van der Waals surface area contributed by atoms with E-state index in [1.807, 2.05) is 6.07 Å². The molecule has 0 aliphatic rings. The summed E-state index contributed by atoms with van der Waals surface area (Å²) < 4.78 is 0. The fourth-order valence-corrected chi connectivity index (χ4v) is 2.62. The quantitative estimate of drug-likeness (QED) is 0.270. The molecule has 11 heteroatoms. The number of aromatic amines is 1. The van der Waals surface area contributed by atoms with Gasteiger partial charge in [-0.15, -0.1) is 0 Å². The number of nitrogens with zero attached hydrogens (tertiary/aromatic N) is 3. The minimum atomic E-state index is -0.833. The SMILES string of the molecule is CC(=O)O.Nc1nccc(Nc2ccc3[nH]nc(C(=O)Nc4ccccc4O)c3c2)n1. The van der Waals surface area contributed by atoms with Crippen molar-refractivity contribution in [1.29, 1.82) is 0 Å². The molecule has 0 spiro atoms. The van der Waals surface area contributed by atoms with E-state index in [1.54, 1.807) is 42.6 Å². The number of nitrogens with one attached hydrogen (secondary N) is 3. The standard InChI is InChI=1S/C18H15N7O2.C2H4O2/c19-18-20-8-7-15(23-18)21-10-5-6-12-11(9-10)16(25-24-12)17(27)22-13-3-1-2-4-14(13)26;1-2(3)4/h1-9,26H,(H,22,27)(H,24,25)(H3,19,20,21,23);1H3,(H,3,4). The predicted octanol–water partition coefficient (Wildman–Crippen LogP) is 2.73. The van der Waals surface area contributed by atoms with Crippen LogP contribution in [0.3, 0.4) is 0 Å². The molecule has 0 atom stereocenters. The average molecular weight is 421 g/mol. The molecule has 0 fully saturated rings. The fraction of sp³-hybridized carbons (Fsp3) is 0.0500. The van der Waals surface area contributed by atoms with Crippen molar-refractivity contribution in [2.45, 2.75) is 6.92 Å². The van der Waals surface area contributed by atoms with Crippen LogP contribution in [0.25, 0.3) is 10.9 Å². The van der Waals surface area contributed by atoms with E-state index in [0.717, 1.165) is 6.92 Å². The summed E-state index contributed by atoms with van der Waals surface area (Å²) >= 11 is 0. The van der Waals surface area contributed by atoms with Crippen LogP contribution in [-0.2, 0) is 4.79 Å². The monoisotopic (exact) mass is 421 g/mol. The van der Waals surface area contributed by atoms with Gasteiger partial charge in [0.1, 0.15) is 11.6 Å². The highest BCUT2D eigenvalue weighted by Crippen LogP contribution is 2.26. The molecular weight excluding hydrogens is 402 g/mol. The third-order valence-electron chi connectivity index (χ3n) is 3.88. The number of aromatic nitrogens is 4. The molecule has 11 nitrogen and oxygen atoms in total. The van der Waals surface area contributed by atoms with Crippen LogP contribution in [0.15, 0.2) is 54.7 Å². The summed E-state index contributed by atoms with van der Waals surface area (Å²) in [6, 6.07) is 13.6. The zero-order chi connectivity index (χ0) is 22.4. The highest BCUT2D eigenvalue weighted by Gasteiger charge is 2.16. The number of H-pyrrole nitrogens is 1. The van der Waals surface area contributed by atoms with Crippen molar-refractivity contribution in [1.82, 2.24) is 20.2 Å². The number of para-hydroxylation sites is 2. The van der Waals surface area contributed by atoms with Gasteiger partial charge in [0.2, 0.25) is 5.95 Å². The van der Waals surface area contributed by atoms with Gasteiger partial charge in [-0.3, -0.25) is 14.7 Å². The summed E-state index contributed by atoms with van der Waals surface area (Å²) in [6.45, 7) is 1.08. The molecule has 4 rings (SSSR count). The van der Waals surface area contributed by atoms with E-state index in [1.165, 1.54) is 6.07 Å². The number of aliphatic carboxylic acids is 1. The van der Waals surface area contributed by atoms with Crippen LogP contribution < -0.4 is 16.4 Å². The van der Waals surface area contributed by atoms with E-state index in [0.29, 0.717) is 28.1 Å². The number of rotatable bonds is 4. The average Bonchev–Trinajstić information content (AvgIpc) is 3.13. The third-order valence-corrected chi connectivity index (χ3v) is 3.88. The molecule has 0 aliphatic heterocycles. The second kappa shape index (κ2) is 9.22. The lowest BCUT2D eigenvalue weighted by molar-refractivity contribution is -0.134. The summed E-state index contributed by atoms with van der Waals surface area (Å²) in [5.41, 5.74) is 7.51. The Kier molecular flexibility index (Phi) is 6.26. The van der Waals surface area contributed by atoms with E-state index >= 15 is 0 Å². The van der Waals surface area contributed by atoms with Crippen LogP contribution in [0.1, 0.15) is 17.4 Å². The fourth-order valence-electron chi connectivity index (χ4n) is 2.62. The third kappa shape index (κ3) is 5.44. The van der Waals surface area contributed by atoms with Gasteiger partial charge in [-0.1, -0.05) is 12.1 Å². The molecule has 2 heterocycles. The van der Waals surface area contributed by atoms with E-state index in [9.17, 15) is 9.90 Å². The van der Waals surface area contributed by atoms with E-state index in [4.69, 9.17) is 15.6 Å². The van der Waals surface area contributed by atoms with Crippen LogP contribution in [-0.4, -0.2) is 42.3 Å². The molecule has 158 valence electrons. The number of carbonyl (C=O) groups excluding carboxylic acids is 1. The van der Waals surface area contributed by atoms with Gasteiger partial charge in [0, 0.05) is 24.2 Å². The zero-order valence-corrected chi connectivity index (χ0v) is 16.3. The van der Waals surface area contributed by atoms with Gasteiger partial charge in [0.15, 0.2) is 5.69 Å². The lowest BCUT2D eigenvalue weighted by Crippen LogP contribution is -2.12. The van der Waals surface area contributed by atoms with Gasteiger partial charge in [0.25, 0.3) is 11.9 Å². The van der Waals surface area contributed by atoms with Crippen LogP contribution in [0.5, 0.6) is 5.75 Å². The molecule has 1 amide bonds. The van der Waals surface area contributed by atoms with E-state index in [2.05, 4.69) is 30.8 Å². The number of nitrogen functional groups attached to an aromatic ring is 1. The van der Waals surface area contributed by atoms with Crippen LogP contribution in [0.2, 0.25) is 0 Å². The maximum Gasteiger partial charge on any atom is 0.300 e. The summed E-state index contributed by atoms with van der Waals surface area (Å²) in [5.74, 6) is -0.599. The first-order valence-electron chi connectivity index (χ1n) is 8.96. The molecule has 0 unspecified atom stereocenters. The van der Waals surface area contributed by atoms with Crippen molar-refractivity contribution in [3.63, 3.8) is 0 Å². The first kappa shape index (κ1) is 21.0. The van der Waals surface area contributed by atoms with E-state index in [-0.39, 0.29) is 17.4 Å². The Hall–Kier alpha value is -4.67. The lowest BCUT2D eigenvalue weighted by atomic mass is 10.1. The Morgan fingerprint density at radius 1 is 1.13 bits per heavy atom. The highest BCUT2D eigenvalue weighted by molar-refractivity contribution is 6.12. The molecule has 2 aromatic heterocycles. The Balaban J connectivity index is 0.000000628. The minimum absolute atomic E-state index is 0.0191. The lowest BCUT2D eigenvalue weighted by Gasteiger charge is -2.07. The predicted molar refractivity (Wildman–Crippen MR) is 115 cm³/mol. The molecule has 0 bridgehead atoms. The number of benzene rings is 2. The number of phenols is 1. The summed E-state index contributed by atoms with van der Waals surface area (Å²) in [6.07, 6.45) is 1.55. The van der Waals surface area contributed by atoms with Crippen molar-refractivity contribution in [3.05, 3.63) is 60.4 Å². The van der Waals surface area contributed by atoms with Crippen LogP contribution in [0.4, 0.5) is 23.1 Å². The molecule has 7 N–H and O–H groups in total. The Morgan fingerprint density at radius 3 is 2.58 bits per heavy atom. The number of carboxylic acids is 1. The smallest absolute Gasteiger partial charge is 0.300 e. The number of carboxylic acid groups (broad SMARTS) is 1. The molecule has 2 aromatic carbocycles. The van der Waals surface area contributed by atoms with Crippen molar-refractivity contribution in [2.75, 3.05) is 16.4 Å². The van der Waals surface area contributed by atoms with Gasteiger partial charge < -0.3 is 26.6 Å². The van der Waals surface area contributed by atoms with Gasteiger partial charge in [0.05, 0.1) is 11.2 Å². The number of aromatic hydroxyl groups is 1. The topological polar surface area (TPSA) is 179 Å². The number of phenolic OH excluding ortho intramolecular Hbond substituents is 1. The van der Waals surface area contributed by atoms with Gasteiger partial charge in [-0.05, 0) is 36.4 Å². The number of hydrogen-bond donors (Lipinski definition) is 6. The Labute approximate surface area is 176 Å². The summed E-state index contributed by atoms with van der Waals surface area (Å²) in [4.78, 5) is 29.5. The van der Waals surface area contributed by atoms with Crippen LogP contribution >= 0.6 is 0 Å². The summed E-state index contributed by atoms with van der Waals surface area (Å²) in [5, 5.41) is 30.5.